The molecule has 0 bridgehead atoms. The van der Waals surface area contributed by atoms with Crippen LogP contribution in [0, 0.1) is 5.82 Å². The fourth-order valence-corrected chi connectivity index (χ4v) is 3.19. The molecule has 2 N–H and O–H groups in total. The molecule has 1 unspecified atom stereocenters. The van der Waals surface area contributed by atoms with Crippen LogP contribution in [0.4, 0.5) is 4.39 Å². The van der Waals surface area contributed by atoms with Crippen LogP contribution in [-0.2, 0) is 17.8 Å². The first kappa shape index (κ1) is 17.6. The van der Waals surface area contributed by atoms with Crippen LogP contribution in [0.1, 0.15) is 34.3 Å². The molecule has 1 aliphatic heterocycles. The summed E-state index contributed by atoms with van der Waals surface area (Å²) in [5.41, 5.74) is 7.81. The Labute approximate surface area is 147 Å². The van der Waals surface area contributed by atoms with E-state index in [1.807, 2.05) is 18.2 Å². The van der Waals surface area contributed by atoms with Crippen LogP contribution in [0.25, 0.3) is 0 Å². The standard InChI is InChI=1S/C20H23FN2O2/c21-18-4-1-3-16(11-18)13-23(14-19-5-2-10-25-19)12-15-6-8-17(9-7-15)20(22)24/h1,3-4,6-9,11,19H,2,5,10,12-14H2,(H2,22,24). The highest BCUT2D eigenvalue weighted by molar-refractivity contribution is 5.92. The Morgan fingerprint density at radius 1 is 1.16 bits per heavy atom. The zero-order valence-corrected chi connectivity index (χ0v) is 14.2. The predicted molar refractivity (Wildman–Crippen MR) is 94.4 cm³/mol. The molecule has 1 saturated heterocycles. The van der Waals surface area contributed by atoms with E-state index < -0.39 is 5.91 Å². The molecule has 1 heterocycles. The largest absolute Gasteiger partial charge is 0.377 e. The van der Waals surface area contributed by atoms with Crippen LogP contribution in [0.15, 0.2) is 48.5 Å². The molecular formula is C20H23FN2O2. The van der Waals surface area contributed by atoms with E-state index >= 15 is 0 Å². The number of hydrogen-bond donors (Lipinski definition) is 1. The molecule has 25 heavy (non-hydrogen) atoms. The number of nitrogens with zero attached hydrogens (tertiary/aromatic N) is 1. The number of rotatable bonds is 7. The van der Waals surface area contributed by atoms with Gasteiger partial charge in [-0.3, -0.25) is 9.69 Å². The van der Waals surface area contributed by atoms with Crippen LogP contribution in [0.5, 0.6) is 0 Å². The minimum Gasteiger partial charge on any atom is -0.377 e. The second-order valence-electron chi connectivity index (χ2n) is 6.50. The van der Waals surface area contributed by atoms with Gasteiger partial charge in [-0.15, -0.1) is 0 Å². The second-order valence-corrected chi connectivity index (χ2v) is 6.50. The highest BCUT2D eigenvalue weighted by Crippen LogP contribution is 2.18. The van der Waals surface area contributed by atoms with Crippen LogP contribution in [0.3, 0.4) is 0 Å². The summed E-state index contributed by atoms with van der Waals surface area (Å²) in [6, 6.07) is 14.0. The minimum absolute atomic E-state index is 0.221. The summed E-state index contributed by atoms with van der Waals surface area (Å²) in [7, 11) is 0. The molecule has 0 spiro atoms. The van der Waals surface area contributed by atoms with Crippen LogP contribution in [-0.4, -0.2) is 30.1 Å². The fourth-order valence-electron chi connectivity index (χ4n) is 3.19. The Balaban J connectivity index is 1.71. The van der Waals surface area contributed by atoms with E-state index in [4.69, 9.17) is 10.5 Å². The Bertz CT molecular complexity index is 712. The lowest BCUT2D eigenvalue weighted by Gasteiger charge is -2.25. The lowest BCUT2D eigenvalue weighted by Crippen LogP contribution is -2.31. The number of primary amides is 1. The van der Waals surface area contributed by atoms with Crippen molar-refractivity contribution in [2.24, 2.45) is 5.73 Å². The van der Waals surface area contributed by atoms with E-state index in [9.17, 15) is 9.18 Å². The van der Waals surface area contributed by atoms with Gasteiger partial charge in [0.1, 0.15) is 5.82 Å². The maximum absolute atomic E-state index is 13.5. The average molecular weight is 342 g/mol. The van der Waals surface area contributed by atoms with Crippen LogP contribution < -0.4 is 5.73 Å². The molecule has 132 valence electrons. The van der Waals surface area contributed by atoms with Gasteiger partial charge < -0.3 is 10.5 Å². The highest BCUT2D eigenvalue weighted by atomic mass is 19.1. The van der Waals surface area contributed by atoms with Crippen molar-refractivity contribution >= 4 is 5.91 Å². The lowest BCUT2D eigenvalue weighted by atomic mass is 10.1. The molecule has 1 aliphatic rings. The first-order valence-corrected chi connectivity index (χ1v) is 8.57. The number of nitrogens with two attached hydrogens (primary N) is 1. The summed E-state index contributed by atoms with van der Waals surface area (Å²) in [5.74, 6) is -0.650. The third-order valence-corrected chi connectivity index (χ3v) is 4.43. The summed E-state index contributed by atoms with van der Waals surface area (Å²) in [6.45, 7) is 2.96. The number of benzene rings is 2. The third kappa shape index (κ3) is 5.11. The summed E-state index contributed by atoms with van der Waals surface area (Å²) >= 11 is 0. The second kappa shape index (κ2) is 8.23. The Morgan fingerprint density at radius 2 is 1.92 bits per heavy atom. The van der Waals surface area contributed by atoms with Gasteiger partial charge in [-0.2, -0.15) is 0 Å². The number of amides is 1. The summed E-state index contributed by atoms with van der Waals surface area (Å²) in [4.78, 5) is 13.5. The first-order valence-electron chi connectivity index (χ1n) is 8.57. The highest BCUT2D eigenvalue weighted by Gasteiger charge is 2.20. The van der Waals surface area contributed by atoms with Gasteiger partial charge in [-0.05, 0) is 48.2 Å². The molecule has 4 nitrogen and oxygen atoms in total. The molecule has 0 aromatic heterocycles. The van der Waals surface area contributed by atoms with Gasteiger partial charge in [0.15, 0.2) is 0 Å². The summed E-state index contributed by atoms with van der Waals surface area (Å²) < 4.78 is 19.2. The quantitative estimate of drug-likeness (QED) is 0.841. The van der Waals surface area contributed by atoms with Crippen molar-refractivity contribution in [3.05, 3.63) is 71.0 Å². The monoisotopic (exact) mass is 342 g/mol. The SMILES string of the molecule is NC(=O)c1ccc(CN(Cc2cccc(F)c2)CC2CCCO2)cc1. The van der Waals surface area contributed by atoms with Gasteiger partial charge in [-0.1, -0.05) is 24.3 Å². The molecule has 2 aromatic carbocycles. The Kier molecular flexibility index (Phi) is 5.79. The van der Waals surface area contributed by atoms with Crippen molar-refractivity contribution in [3.63, 3.8) is 0 Å². The van der Waals surface area contributed by atoms with Crippen molar-refractivity contribution in [2.45, 2.75) is 32.0 Å². The van der Waals surface area contributed by atoms with Crippen molar-refractivity contribution in [1.29, 1.82) is 0 Å². The molecule has 3 rings (SSSR count). The first-order chi connectivity index (χ1) is 12.1. The number of hydrogen-bond acceptors (Lipinski definition) is 3. The number of ether oxygens (including phenoxy) is 1. The van der Waals surface area contributed by atoms with Gasteiger partial charge in [0.2, 0.25) is 5.91 Å². The van der Waals surface area contributed by atoms with E-state index in [1.165, 1.54) is 6.07 Å². The Morgan fingerprint density at radius 3 is 2.56 bits per heavy atom. The maximum atomic E-state index is 13.5. The molecule has 1 atom stereocenters. The van der Waals surface area contributed by atoms with E-state index in [-0.39, 0.29) is 11.9 Å². The third-order valence-electron chi connectivity index (χ3n) is 4.43. The number of carbonyl (C=O) groups is 1. The summed E-state index contributed by atoms with van der Waals surface area (Å²) in [5, 5.41) is 0. The van der Waals surface area contributed by atoms with Crippen LogP contribution in [0.2, 0.25) is 0 Å². The number of halogens is 1. The molecule has 0 saturated carbocycles. The fraction of sp³-hybridized carbons (Fsp3) is 0.350. The number of carbonyl (C=O) groups excluding carboxylic acids is 1. The van der Waals surface area contributed by atoms with E-state index in [1.54, 1.807) is 24.3 Å². The molecule has 1 amide bonds. The van der Waals surface area contributed by atoms with Crippen molar-refractivity contribution in [1.82, 2.24) is 4.90 Å². The van der Waals surface area contributed by atoms with Crippen molar-refractivity contribution in [3.8, 4) is 0 Å². The molecule has 1 fully saturated rings. The zero-order chi connectivity index (χ0) is 17.6. The molecule has 5 heteroatoms. The maximum Gasteiger partial charge on any atom is 0.248 e. The van der Waals surface area contributed by atoms with E-state index in [2.05, 4.69) is 4.90 Å². The minimum atomic E-state index is -0.428. The van der Waals surface area contributed by atoms with E-state index in [0.29, 0.717) is 18.7 Å². The van der Waals surface area contributed by atoms with Gasteiger partial charge in [-0.25, -0.2) is 4.39 Å². The normalized spacial score (nSPS) is 17.1. The average Bonchev–Trinajstić information content (AvgIpc) is 3.08. The topological polar surface area (TPSA) is 55.6 Å². The molecule has 0 aliphatic carbocycles. The molecular weight excluding hydrogens is 319 g/mol. The van der Waals surface area contributed by atoms with Crippen molar-refractivity contribution in [2.75, 3.05) is 13.2 Å². The lowest BCUT2D eigenvalue weighted by molar-refractivity contribution is 0.0679. The van der Waals surface area contributed by atoms with Crippen molar-refractivity contribution < 1.29 is 13.9 Å². The van der Waals surface area contributed by atoms with Gasteiger partial charge in [0.25, 0.3) is 0 Å². The smallest absolute Gasteiger partial charge is 0.248 e. The van der Waals surface area contributed by atoms with Crippen LogP contribution >= 0.6 is 0 Å². The van der Waals surface area contributed by atoms with Gasteiger partial charge in [0.05, 0.1) is 6.10 Å². The van der Waals surface area contributed by atoms with Gasteiger partial charge >= 0.3 is 0 Å². The molecule has 2 aromatic rings. The molecule has 0 radical (unpaired) electrons. The Hall–Kier alpha value is -2.24. The predicted octanol–water partition coefficient (Wildman–Crippen LogP) is 3.11. The van der Waals surface area contributed by atoms with E-state index in [0.717, 1.165) is 37.1 Å². The summed E-state index contributed by atoms with van der Waals surface area (Å²) in [6.07, 6.45) is 2.37. The zero-order valence-electron chi connectivity index (χ0n) is 14.2. The van der Waals surface area contributed by atoms with Gasteiger partial charge in [0, 0.05) is 31.8 Å².